The van der Waals surface area contributed by atoms with Crippen LogP contribution in [0.2, 0.25) is 0 Å². The molecule has 0 aliphatic carbocycles. The molecule has 0 saturated carbocycles. The van der Waals surface area contributed by atoms with Crippen LogP contribution in [-0.4, -0.2) is 11.9 Å². The molecule has 80 valence electrons. The highest BCUT2D eigenvalue weighted by atomic mass is 15.1. The van der Waals surface area contributed by atoms with Crippen molar-refractivity contribution in [3.8, 4) is 11.1 Å². The minimum Gasteiger partial charge on any atom is -0.298 e. The predicted molar refractivity (Wildman–Crippen MR) is 67.0 cm³/mol. The first kappa shape index (κ1) is 9.61. The lowest BCUT2D eigenvalue weighted by Gasteiger charge is -2.08. The summed E-state index contributed by atoms with van der Waals surface area (Å²) in [5, 5.41) is 0. The number of rotatable bonds is 1. The molecule has 2 aromatic carbocycles. The van der Waals surface area contributed by atoms with Crippen LogP contribution in [0.15, 0.2) is 48.5 Å². The van der Waals surface area contributed by atoms with E-state index in [1.165, 1.54) is 22.3 Å². The second kappa shape index (κ2) is 3.76. The molecule has 0 amide bonds. The highest BCUT2D eigenvalue weighted by molar-refractivity contribution is 5.69. The van der Waals surface area contributed by atoms with Gasteiger partial charge in [0, 0.05) is 13.1 Å². The average Bonchev–Trinajstić information content (AvgIpc) is 2.70. The van der Waals surface area contributed by atoms with Gasteiger partial charge in [-0.05, 0) is 29.3 Å². The minimum absolute atomic E-state index is 1.07. The van der Waals surface area contributed by atoms with E-state index in [0.29, 0.717) is 0 Å². The highest BCUT2D eigenvalue weighted by Crippen LogP contribution is 2.31. The maximum Gasteiger partial charge on any atom is 0.0243 e. The first-order valence-corrected chi connectivity index (χ1v) is 5.69. The zero-order chi connectivity index (χ0) is 11.0. The van der Waals surface area contributed by atoms with Crippen LogP contribution in [0.5, 0.6) is 0 Å². The molecule has 1 heteroatoms. The van der Waals surface area contributed by atoms with Gasteiger partial charge in [-0.25, -0.2) is 0 Å². The molecule has 2 aromatic rings. The van der Waals surface area contributed by atoms with Crippen LogP contribution < -0.4 is 0 Å². The fraction of sp³-hybridized carbons (Fsp3) is 0.200. The number of nitrogens with zero attached hydrogens (tertiary/aromatic N) is 1. The topological polar surface area (TPSA) is 3.24 Å². The molecule has 0 spiro atoms. The minimum atomic E-state index is 1.07. The molecular formula is C15H15N. The number of fused-ring (bicyclic) bond motifs is 1. The second-order valence-electron chi connectivity index (χ2n) is 4.48. The van der Waals surface area contributed by atoms with Gasteiger partial charge in [-0.2, -0.15) is 0 Å². The largest absolute Gasteiger partial charge is 0.298 e. The molecule has 0 fully saturated rings. The normalized spacial score (nSPS) is 15.1. The lowest BCUT2D eigenvalue weighted by Crippen LogP contribution is -2.07. The molecule has 1 aliphatic heterocycles. The third kappa shape index (κ3) is 1.54. The van der Waals surface area contributed by atoms with E-state index < -0.39 is 0 Å². The summed E-state index contributed by atoms with van der Waals surface area (Å²) in [5.74, 6) is 0. The van der Waals surface area contributed by atoms with E-state index in [2.05, 4.69) is 60.5 Å². The zero-order valence-corrected chi connectivity index (χ0v) is 9.48. The van der Waals surface area contributed by atoms with Crippen LogP contribution in [0.4, 0.5) is 0 Å². The van der Waals surface area contributed by atoms with Gasteiger partial charge in [-0.3, -0.25) is 4.90 Å². The van der Waals surface area contributed by atoms with E-state index >= 15 is 0 Å². The zero-order valence-electron chi connectivity index (χ0n) is 9.48. The molecule has 3 rings (SSSR count). The van der Waals surface area contributed by atoms with Crippen molar-refractivity contribution in [1.82, 2.24) is 4.90 Å². The maximum atomic E-state index is 2.36. The molecule has 0 unspecified atom stereocenters. The third-order valence-corrected chi connectivity index (χ3v) is 3.23. The predicted octanol–water partition coefficient (Wildman–Crippen LogP) is 3.30. The van der Waals surface area contributed by atoms with Crippen LogP contribution in [0, 0.1) is 0 Å². The lowest BCUT2D eigenvalue weighted by atomic mass is 9.97. The highest BCUT2D eigenvalue weighted by Gasteiger charge is 2.18. The van der Waals surface area contributed by atoms with E-state index in [1.54, 1.807) is 0 Å². The van der Waals surface area contributed by atoms with Crippen LogP contribution in [-0.2, 0) is 13.1 Å². The maximum absolute atomic E-state index is 2.36. The van der Waals surface area contributed by atoms with E-state index in [0.717, 1.165) is 13.1 Å². The smallest absolute Gasteiger partial charge is 0.0243 e. The van der Waals surface area contributed by atoms with Crippen molar-refractivity contribution in [1.29, 1.82) is 0 Å². The van der Waals surface area contributed by atoms with Gasteiger partial charge >= 0.3 is 0 Å². The summed E-state index contributed by atoms with van der Waals surface area (Å²) in [6.45, 7) is 2.15. The number of hydrogen-bond acceptors (Lipinski definition) is 1. The second-order valence-corrected chi connectivity index (χ2v) is 4.48. The lowest BCUT2D eigenvalue weighted by molar-refractivity contribution is 0.353. The third-order valence-electron chi connectivity index (χ3n) is 3.23. The van der Waals surface area contributed by atoms with Gasteiger partial charge in [0.2, 0.25) is 0 Å². The Balaban J connectivity index is 2.14. The Morgan fingerprint density at radius 3 is 2.50 bits per heavy atom. The van der Waals surface area contributed by atoms with Crippen molar-refractivity contribution < 1.29 is 0 Å². The SMILES string of the molecule is CN1Cc2cccc(-c3ccccc3)c2C1. The Bertz CT molecular complexity index is 502. The summed E-state index contributed by atoms with van der Waals surface area (Å²) in [6.07, 6.45) is 0. The van der Waals surface area contributed by atoms with Crippen molar-refractivity contribution in [2.24, 2.45) is 0 Å². The Morgan fingerprint density at radius 1 is 0.875 bits per heavy atom. The average molecular weight is 209 g/mol. The van der Waals surface area contributed by atoms with Crippen LogP contribution in [0.1, 0.15) is 11.1 Å². The summed E-state index contributed by atoms with van der Waals surface area (Å²) in [6, 6.07) is 17.3. The molecule has 0 radical (unpaired) electrons. The van der Waals surface area contributed by atoms with Gasteiger partial charge in [-0.15, -0.1) is 0 Å². The first-order valence-electron chi connectivity index (χ1n) is 5.69. The van der Waals surface area contributed by atoms with Crippen LogP contribution >= 0.6 is 0 Å². The number of hydrogen-bond donors (Lipinski definition) is 0. The van der Waals surface area contributed by atoms with E-state index in [9.17, 15) is 0 Å². The fourth-order valence-electron chi connectivity index (χ4n) is 2.47. The summed E-state index contributed by atoms with van der Waals surface area (Å²) in [7, 11) is 2.18. The summed E-state index contributed by atoms with van der Waals surface area (Å²) in [4.78, 5) is 2.36. The summed E-state index contributed by atoms with van der Waals surface area (Å²) >= 11 is 0. The Hall–Kier alpha value is -1.60. The van der Waals surface area contributed by atoms with Crippen molar-refractivity contribution >= 4 is 0 Å². The van der Waals surface area contributed by atoms with E-state index in [1.807, 2.05) is 0 Å². The molecule has 0 saturated heterocycles. The molecule has 1 heterocycles. The van der Waals surface area contributed by atoms with Crippen molar-refractivity contribution in [3.63, 3.8) is 0 Å². The molecule has 16 heavy (non-hydrogen) atoms. The van der Waals surface area contributed by atoms with Gasteiger partial charge in [-0.1, -0.05) is 48.5 Å². The Morgan fingerprint density at radius 2 is 1.69 bits per heavy atom. The van der Waals surface area contributed by atoms with Gasteiger partial charge in [0.15, 0.2) is 0 Å². The molecule has 0 N–H and O–H groups in total. The van der Waals surface area contributed by atoms with Crippen molar-refractivity contribution in [2.45, 2.75) is 13.1 Å². The Labute approximate surface area is 96.3 Å². The van der Waals surface area contributed by atoms with Crippen LogP contribution in [0.25, 0.3) is 11.1 Å². The van der Waals surface area contributed by atoms with Crippen LogP contribution in [0.3, 0.4) is 0 Å². The quantitative estimate of drug-likeness (QED) is 0.696. The standard InChI is InChI=1S/C15H15N/c1-16-10-13-8-5-9-14(15(13)11-16)12-6-3-2-4-7-12/h2-9H,10-11H2,1H3. The molecule has 0 atom stereocenters. The summed E-state index contributed by atoms with van der Waals surface area (Å²) in [5.41, 5.74) is 5.69. The van der Waals surface area contributed by atoms with Gasteiger partial charge in [0.25, 0.3) is 0 Å². The van der Waals surface area contributed by atoms with Crippen molar-refractivity contribution in [3.05, 3.63) is 59.7 Å². The Kier molecular flexibility index (Phi) is 2.26. The van der Waals surface area contributed by atoms with Gasteiger partial charge in [0.1, 0.15) is 0 Å². The van der Waals surface area contributed by atoms with Crippen molar-refractivity contribution in [2.75, 3.05) is 7.05 Å². The molecular weight excluding hydrogens is 194 g/mol. The molecule has 1 nitrogen and oxygen atoms in total. The molecule has 0 aromatic heterocycles. The molecule has 1 aliphatic rings. The first-order chi connectivity index (χ1) is 7.84. The van der Waals surface area contributed by atoms with Gasteiger partial charge < -0.3 is 0 Å². The van der Waals surface area contributed by atoms with Gasteiger partial charge in [0.05, 0.1) is 0 Å². The summed E-state index contributed by atoms with van der Waals surface area (Å²) < 4.78 is 0. The monoisotopic (exact) mass is 209 g/mol. The van der Waals surface area contributed by atoms with E-state index in [4.69, 9.17) is 0 Å². The van der Waals surface area contributed by atoms with E-state index in [-0.39, 0.29) is 0 Å². The molecule has 0 bridgehead atoms. The number of benzene rings is 2. The fourth-order valence-corrected chi connectivity index (χ4v) is 2.47.